The van der Waals surface area contributed by atoms with Gasteiger partial charge >= 0.3 is 0 Å². The number of halogens is 1. The molecule has 5 rings (SSSR count). The molecule has 0 spiro atoms. The van der Waals surface area contributed by atoms with Gasteiger partial charge in [-0.15, -0.1) is 0 Å². The van der Waals surface area contributed by atoms with E-state index in [1.54, 1.807) is 42.4 Å². The van der Waals surface area contributed by atoms with Crippen LogP contribution in [0.2, 0.25) is 5.02 Å². The van der Waals surface area contributed by atoms with Gasteiger partial charge in [0.05, 0.1) is 35.3 Å². The molecule has 3 N–H and O–H groups in total. The quantitative estimate of drug-likeness (QED) is 0.388. The molecule has 3 aromatic rings. The van der Waals surface area contributed by atoms with Gasteiger partial charge in [-0.1, -0.05) is 23.7 Å². The van der Waals surface area contributed by atoms with E-state index in [0.717, 1.165) is 24.0 Å². The number of hydrogen-bond acceptors (Lipinski definition) is 8. The van der Waals surface area contributed by atoms with Crippen molar-refractivity contribution in [3.63, 3.8) is 0 Å². The number of pyridine rings is 1. The summed E-state index contributed by atoms with van der Waals surface area (Å²) in [7, 11) is 0. The van der Waals surface area contributed by atoms with Crippen LogP contribution in [0.5, 0.6) is 0 Å². The molecular weight excluding hydrogens is 520 g/mol. The van der Waals surface area contributed by atoms with E-state index in [0.29, 0.717) is 53.2 Å². The van der Waals surface area contributed by atoms with Crippen LogP contribution >= 0.6 is 11.6 Å². The van der Waals surface area contributed by atoms with Crippen LogP contribution < -0.4 is 10.6 Å². The summed E-state index contributed by atoms with van der Waals surface area (Å²) in [6.07, 6.45) is 4.91. The highest BCUT2D eigenvalue weighted by molar-refractivity contribution is 6.33. The van der Waals surface area contributed by atoms with Crippen molar-refractivity contribution in [1.82, 2.24) is 25.2 Å². The van der Waals surface area contributed by atoms with Crippen LogP contribution in [0.3, 0.4) is 0 Å². The Labute approximate surface area is 231 Å². The van der Waals surface area contributed by atoms with Gasteiger partial charge in [-0.3, -0.25) is 14.6 Å². The Balaban J connectivity index is 1.29. The number of hydrogen-bond donors (Lipinski definition) is 3. The molecule has 0 radical (unpaired) electrons. The Morgan fingerprint density at radius 2 is 2.00 bits per heavy atom. The lowest BCUT2D eigenvalue weighted by Crippen LogP contribution is -2.45. The number of anilines is 1. The fraction of sp³-hybridized carbons (Fsp3) is 0.393. The van der Waals surface area contributed by atoms with Crippen LogP contribution in [0, 0.1) is 0 Å². The summed E-state index contributed by atoms with van der Waals surface area (Å²) in [5.74, 6) is -0.0113. The number of nitrogens with one attached hydrogen (secondary N) is 2. The van der Waals surface area contributed by atoms with Gasteiger partial charge in [-0.2, -0.15) is 0 Å². The number of carbonyl (C=O) groups excluding carboxylic acids is 2. The molecule has 1 saturated heterocycles. The normalized spacial score (nSPS) is 17.0. The summed E-state index contributed by atoms with van der Waals surface area (Å²) in [5, 5.41) is 16.0. The highest BCUT2D eigenvalue weighted by Crippen LogP contribution is 2.32. The van der Waals surface area contributed by atoms with Gasteiger partial charge in [-0.25, -0.2) is 9.97 Å². The van der Waals surface area contributed by atoms with E-state index >= 15 is 0 Å². The van der Waals surface area contributed by atoms with E-state index in [-0.39, 0.29) is 30.5 Å². The van der Waals surface area contributed by atoms with Gasteiger partial charge < -0.3 is 25.4 Å². The maximum absolute atomic E-state index is 13.4. The Bertz CT molecular complexity index is 1380. The summed E-state index contributed by atoms with van der Waals surface area (Å²) in [6.45, 7) is 5.12. The largest absolute Gasteiger partial charge is 0.390 e. The summed E-state index contributed by atoms with van der Waals surface area (Å²) in [4.78, 5) is 41.1. The Morgan fingerprint density at radius 1 is 1.21 bits per heavy atom. The van der Waals surface area contributed by atoms with Crippen LogP contribution in [0.1, 0.15) is 59.9 Å². The number of rotatable bonds is 8. The van der Waals surface area contributed by atoms with Crippen molar-refractivity contribution in [2.75, 3.05) is 18.5 Å². The van der Waals surface area contributed by atoms with Crippen LogP contribution in [-0.4, -0.2) is 62.1 Å². The number of carbonyl (C=O) groups is 2. The SMILES string of the molecule is CC(NC(=O)C(C)N1Cc2ccc(-c3nc(NC4CCOCC4)ncc3Cl)cc2C1=O)c1ccnc(CO)c1. The minimum atomic E-state index is -0.687. The summed E-state index contributed by atoms with van der Waals surface area (Å²) < 4.78 is 5.42. The molecule has 1 aromatic carbocycles. The Kier molecular flexibility index (Phi) is 8.06. The average Bonchev–Trinajstić information content (AvgIpc) is 3.29. The van der Waals surface area contributed by atoms with Gasteiger partial charge in [0.25, 0.3) is 5.91 Å². The first-order chi connectivity index (χ1) is 18.8. The molecule has 0 aliphatic carbocycles. The monoisotopic (exact) mass is 550 g/mol. The van der Waals surface area contributed by atoms with Gasteiger partial charge in [0.15, 0.2) is 0 Å². The second-order valence-electron chi connectivity index (χ2n) is 9.87. The third-order valence-electron chi connectivity index (χ3n) is 7.22. The maximum atomic E-state index is 13.4. The van der Waals surface area contributed by atoms with Crippen molar-refractivity contribution < 1.29 is 19.4 Å². The Hall–Kier alpha value is -3.60. The van der Waals surface area contributed by atoms with E-state index in [2.05, 4.69) is 25.6 Å². The third kappa shape index (κ3) is 5.88. The molecule has 11 heteroatoms. The highest BCUT2D eigenvalue weighted by atomic mass is 35.5. The number of benzene rings is 1. The fourth-order valence-electron chi connectivity index (χ4n) is 4.86. The number of nitrogens with zero attached hydrogens (tertiary/aromatic N) is 4. The van der Waals surface area contributed by atoms with Crippen molar-refractivity contribution in [2.24, 2.45) is 0 Å². The molecule has 2 amide bonds. The van der Waals surface area contributed by atoms with E-state index in [4.69, 9.17) is 16.3 Å². The smallest absolute Gasteiger partial charge is 0.255 e. The van der Waals surface area contributed by atoms with E-state index in [1.165, 1.54) is 0 Å². The first-order valence-electron chi connectivity index (χ1n) is 13.0. The zero-order valence-electron chi connectivity index (χ0n) is 21.9. The van der Waals surface area contributed by atoms with E-state index in [9.17, 15) is 14.7 Å². The predicted octanol–water partition coefficient (Wildman–Crippen LogP) is 3.50. The molecule has 204 valence electrons. The molecular formula is C28H31ClN6O4. The van der Waals surface area contributed by atoms with Crippen LogP contribution in [0.15, 0.2) is 42.7 Å². The van der Waals surface area contributed by atoms with Crippen molar-refractivity contribution in [1.29, 1.82) is 0 Å². The van der Waals surface area contributed by atoms with Crippen LogP contribution in [0.4, 0.5) is 5.95 Å². The zero-order chi connectivity index (χ0) is 27.5. The van der Waals surface area contributed by atoms with Crippen LogP contribution in [-0.2, 0) is 22.7 Å². The molecule has 2 unspecified atom stereocenters. The number of amides is 2. The lowest BCUT2D eigenvalue weighted by Gasteiger charge is -2.25. The third-order valence-corrected chi connectivity index (χ3v) is 7.50. The van der Waals surface area contributed by atoms with Crippen molar-refractivity contribution in [3.8, 4) is 11.3 Å². The standard InChI is InChI=1S/C28H31ClN6O4/c1-16(18-5-8-30-22(11-18)15-36)32-26(37)17(2)35-14-20-4-3-19(12-23(20)27(35)38)25-24(29)13-31-28(34-25)33-21-6-9-39-10-7-21/h3-5,8,11-13,16-17,21,36H,6-7,9-10,14-15H2,1-2H3,(H,32,37)(H,31,33,34). The first-order valence-corrected chi connectivity index (χ1v) is 13.4. The zero-order valence-corrected chi connectivity index (χ0v) is 22.6. The van der Waals surface area contributed by atoms with Crippen molar-refractivity contribution in [3.05, 3.63) is 70.1 Å². The minimum absolute atomic E-state index is 0.179. The number of ether oxygens (including phenoxy) is 1. The second kappa shape index (κ2) is 11.6. The highest BCUT2D eigenvalue weighted by Gasteiger charge is 2.34. The summed E-state index contributed by atoms with van der Waals surface area (Å²) in [6, 6.07) is 8.31. The van der Waals surface area contributed by atoms with Crippen molar-refractivity contribution in [2.45, 2.75) is 58.0 Å². The number of aromatic nitrogens is 3. The molecule has 2 atom stereocenters. The van der Waals surface area contributed by atoms with Gasteiger partial charge in [-0.05, 0) is 56.0 Å². The minimum Gasteiger partial charge on any atom is -0.390 e. The molecule has 2 aromatic heterocycles. The van der Waals surface area contributed by atoms with Crippen LogP contribution in [0.25, 0.3) is 11.3 Å². The lowest BCUT2D eigenvalue weighted by molar-refractivity contribution is -0.125. The average molecular weight is 551 g/mol. The number of aliphatic hydroxyl groups is 1. The second-order valence-corrected chi connectivity index (χ2v) is 10.3. The maximum Gasteiger partial charge on any atom is 0.255 e. The van der Waals surface area contributed by atoms with Crippen molar-refractivity contribution >= 4 is 29.4 Å². The fourth-order valence-corrected chi connectivity index (χ4v) is 5.06. The molecule has 4 heterocycles. The van der Waals surface area contributed by atoms with Gasteiger partial charge in [0.1, 0.15) is 6.04 Å². The van der Waals surface area contributed by atoms with Gasteiger partial charge in [0.2, 0.25) is 11.9 Å². The number of aliphatic hydroxyl groups excluding tert-OH is 1. The summed E-state index contributed by atoms with van der Waals surface area (Å²) >= 11 is 6.46. The molecule has 0 bridgehead atoms. The first kappa shape index (κ1) is 27.0. The predicted molar refractivity (Wildman–Crippen MR) is 146 cm³/mol. The number of fused-ring (bicyclic) bond motifs is 1. The molecule has 10 nitrogen and oxygen atoms in total. The molecule has 39 heavy (non-hydrogen) atoms. The molecule has 0 saturated carbocycles. The topological polar surface area (TPSA) is 130 Å². The lowest BCUT2D eigenvalue weighted by atomic mass is 10.0. The molecule has 2 aliphatic rings. The van der Waals surface area contributed by atoms with Gasteiger partial charge in [0, 0.05) is 43.1 Å². The van der Waals surface area contributed by atoms with E-state index in [1.807, 2.05) is 19.1 Å². The molecule has 2 aliphatic heterocycles. The Morgan fingerprint density at radius 3 is 2.77 bits per heavy atom. The summed E-state index contributed by atoms with van der Waals surface area (Å²) in [5.41, 5.74) is 3.95. The molecule has 1 fully saturated rings. The van der Waals surface area contributed by atoms with E-state index < -0.39 is 6.04 Å².